The SMILES string of the molecule is CC(O)c1nc2ccccc2c2nncnc12. The monoisotopic (exact) mass is 226 g/mol. The molecule has 0 aliphatic carbocycles. The number of para-hydroxylation sites is 1. The highest BCUT2D eigenvalue weighted by Gasteiger charge is 2.13. The summed E-state index contributed by atoms with van der Waals surface area (Å²) in [5.41, 5.74) is 2.61. The minimum absolute atomic E-state index is 0.536. The molecular formula is C12H10N4O. The maximum Gasteiger partial charge on any atom is 0.138 e. The van der Waals surface area contributed by atoms with Crippen molar-refractivity contribution < 1.29 is 5.11 Å². The van der Waals surface area contributed by atoms with Crippen molar-refractivity contribution in [3.8, 4) is 0 Å². The van der Waals surface area contributed by atoms with E-state index in [0.29, 0.717) is 16.7 Å². The summed E-state index contributed by atoms with van der Waals surface area (Å²) < 4.78 is 0. The fourth-order valence-corrected chi connectivity index (χ4v) is 1.89. The number of aromatic nitrogens is 4. The largest absolute Gasteiger partial charge is 0.387 e. The van der Waals surface area contributed by atoms with Gasteiger partial charge in [-0.05, 0) is 13.0 Å². The molecule has 0 aliphatic rings. The number of pyridine rings is 1. The van der Waals surface area contributed by atoms with Crippen LogP contribution in [0, 0.1) is 0 Å². The van der Waals surface area contributed by atoms with E-state index in [4.69, 9.17) is 0 Å². The van der Waals surface area contributed by atoms with E-state index in [1.165, 1.54) is 6.33 Å². The zero-order chi connectivity index (χ0) is 11.8. The summed E-state index contributed by atoms with van der Waals surface area (Å²) in [5.74, 6) is 0. The Labute approximate surface area is 97.2 Å². The Morgan fingerprint density at radius 1 is 1.18 bits per heavy atom. The molecule has 0 saturated heterocycles. The molecule has 3 rings (SSSR count). The molecule has 0 spiro atoms. The van der Waals surface area contributed by atoms with E-state index >= 15 is 0 Å². The first kappa shape index (κ1) is 10.0. The predicted octanol–water partition coefficient (Wildman–Crippen LogP) is 1.63. The van der Waals surface area contributed by atoms with E-state index in [-0.39, 0.29) is 0 Å². The van der Waals surface area contributed by atoms with Crippen LogP contribution >= 0.6 is 0 Å². The van der Waals surface area contributed by atoms with E-state index in [9.17, 15) is 5.11 Å². The summed E-state index contributed by atoms with van der Waals surface area (Å²) in [6, 6.07) is 7.62. The van der Waals surface area contributed by atoms with Crippen molar-refractivity contribution in [1.29, 1.82) is 0 Å². The molecule has 0 bridgehead atoms. The van der Waals surface area contributed by atoms with Crippen molar-refractivity contribution in [3.63, 3.8) is 0 Å². The van der Waals surface area contributed by atoms with Gasteiger partial charge < -0.3 is 5.11 Å². The molecular weight excluding hydrogens is 216 g/mol. The minimum atomic E-state index is -0.682. The first-order valence-corrected chi connectivity index (χ1v) is 5.31. The van der Waals surface area contributed by atoms with Crippen molar-refractivity contribution in [2.24, 2.45) is 0 Å². The number of benzene rings is 1. The average molecular weight is 226 g/mol. The van der Waals surface area contributed by atoms with Crippen LogP contribution in [-0.2, 0) is 0 Å². The quantitative estimate of drug-likeness (QED) is 0.638. The van der Waals surface area contributed by atoms with Gasteiger partial charge in [-0.2, -0.15) is 0 Å². The summed E-state index contributed by atoms with van der Waals surface area (Å²) in [6.45, 7) is 1.67. The van der Waals surface area contributed by atoms with E-state index in [1.54, 1.807) is 6.92 Å². The Balaban J connectivity index is 2.55. The van der Waals surface area contributed by atoms with Gasteiger partial charge in [0, 0.05) is 5.39 Å². The first-order valence-electron chi connectivity index (χ1n) is 5.31. The van der Waals surface area contributed by atoms with E-state index in [2.05, 4.69) is 20.2 Å². The molecule has 1 N–H and O–H groups in total. The highest BCUT2D eigenvalue weighted by atomic mass is 16.3. The van der Waals surface area contributed by atoms with Gasteiger partial charge in [0.2, 0.25) is 0 Å². The van der Waals surface area contributed by atoms with E-state index in [0.717, 1.165) is 10.9 Å². The van der Waals surface area contributed by atoms with E-state index in [1.807, 2.05) is 24.3 Å². The Hall–Kier alpha value is -2.14. The number of nitrogens with zero attached hydrogens (tertiary/aromatic N) is 4. The molecule has 0 radical (unpaired) electrons. The Morgan fingerprint density at radius 3 is 2.82 bits per heavy atom. The molecule has 2 aromatic heterocycles. The second-order valence-electron chi connectivity index (χ2n) is 3.85. The third-order valence-electron chi connectivity index (χ3n) is 2.66. The summed E-state index contributed by atoms with van der Waals surface area (Å²) in [5, 5.41) is 18.5. The number of hydrogen-bond donors (Lipinski definition) is 1. The number of fused-ring (bicyclic) bond motifs is 3. The summed E-state index contributed by atoms with van der Waals surface area (Å²) in [7, 11) is 0. The molecule has 5 heteroatoms. The molecule has 84 valence electrons. The molecule has 1 atom stereocenters. The highest BCUT2D eigenvalue weighted by Crippen LogP contribution is 2.25. The van der Waals surface area contributed by atoms with Gasteiger partial charge in [0.1, 0.15) is 17.4 Å². The minimum Gasteiger partial charge on any atom is -0.387 e. The van der Waals surface area contributed by atoms with Crippen LogP contribution in [-0.4, -0.2) is 25.3 Å². The second kappa shape index (κ2) is 3.71. The predicted molar refractivity (Wildman–Crippen MR) is 63.3 cm³/mol. The van der Waals surface area contributed by atoms with Crippen molar-refractivity contribution in [1.82, 2.24) is 20.2 Å². The number of aliphatic hydroxyl groups is 1. The molecule has 0 aliphatic heterocycles. The molecule has 1 unspecified atom stereocenters. The fraction of sp³-hybridized carbons (Fsp3) is 0.167. The van der Waals surface area contributed by atoms with Gasteiger partial charge in [-0.1, -0.05) is 18.2 Å². The smallest absolute Gasteiger partial charge is 0.138 e. The normalized spacial score (nSPS) is 13.1. The van der Waals surface area contributed by atoms with Gasteiger partial charge in [0.25, 0.3) is 0 Å². The van der Waals surface area contributed by atoms with Gasteiger partial charge in [-0.15, -0.1) is 10.2 Å². The summed E-state index contributed by atoms with van der Waals surface area (Å²) in [4.78, 5) is 8.58. The molecule has 3 aromatic rings. The Kier molecular flexibility index (Phi) is 2.19. The number of rotatable bonds is 1. The van der Waals surface area contributed by atoms with Gasteiger partial charge in [-0.25, -0.2) is 9.97 Å². The zero-order valence-electron chi connectivity index (χ0n) is 9.20. The Bertz CT molecular complexity index is 696. The fourth-order valence-electron chi connectivity index (χ4n) is 1.89. The molecule has 5 nitrogen and oxygen atoms in total. The average Bonchev–Trinajstić information content (AvgIpc) is 2.37. The highest BCUT2D eigenvalue weighted by molar-refractivity contribution is 6.02. The van der Waals surface area contributed by atoms with Crippen molar-refractivity contribution in [2.75, 3.05) is 0 Å². The lowest BCUT2D eigenvalue weighted by Gasteiger charge is -2.08. The zero-order valence-corrected chi connectivity index (χ0v) is 9.20. The van der Waals surface area contributed by atoms with Crippen LogP contribution in [0.3, 0.4) is 0 Å². The molecule has 0 fully saturated rings. The summed E-state index contributed by atoms with van der Waals surface area (Å²) >= 11 is 0. The van der Waals surface area contributed by atoms with Gasteiger partial charge >= 0.3 is 0 Å². The lowest BCUT2D eigenvalue weighted by Crippen LogP contribution is -2.01. The third-order valence-corrected chi connectivity index (χ3v) is 2.66. The van der Waals surface area contributed by atoms with Crippen LogP contribution in [0.5, 0.6) is 0 Å². The maximum atomic E-state index is 9.73. The van der Waals surface area contributed by atoms with Gasteiger partial charge in [0.05, 0.1) is 17.3 Å². The molecule has 0 amide bonds. The van der Waals surface area contributed by atoms with Crippen LogP contribution in [0.1, 0.15) is 18.7 Å². The maximum absolute atomic E-state index is 9.73. The van der Waals surface area contributed by atoms with Crippen LogP contribution in [0.2, 0.25) is 0 Å². The third kappa shape index (κ3) is 1.52. The van der Waals surface area contributed by atoms with E-state index < -0.39 is 6.10 Å². The van der Waals surface area contributed by atoms with Gasteiger partial charge in [0.15, 0.2) is 0 Å². The number of hydrogen-bond acceptors (Lipinski definition) is 5. The van der Waals surface area contributed by atoms with Crippen LogP contribution < -0.4 is 0 Å². The van der Waals surface area contributed by atoms with Crippen molar-refractivity contribution in [2.45, 2.75) is 13.0 Å². The molecule has 0 saturated carbocycles. The molecule has 2 heterocycles. The second-order valence-corrected chi connectivity index (χ2v) is 3.85. The lowest BCUT2D eigenvalue weighted by atomic mass is 10.1. The van der Waals surface area contributed by atoms with Gasteiger partial charge in [-0.3, -0.25) is 0 Å². The van der Waals surface area contributed by atoms with Crippen LogP contribution in [0.4, 0.5) is 0 Å². The molecule has 1 aromatic carbocycles. The standard InChI is InChI=1S/C12H10N4O/c1-7(17)10-12-11(16-14-6-13-12)8-4-2-3-5-9(8)15-10/h2-7,17H,1H3. The van der Waals surface area contributed by atoms with Crippen LogP contribution in [0.15, 0.2) is 30.6 Å². The summed E-state index contributed by atoms with van der Waals surface area (Å²) in [6.07, 6.45) is 0.684. The van der Waals surface area contributed by atoms with Crippen molar-refractivity contribution in [3.05, 3.63) is 36.3 Å². The molecule has 17 heavy (non-hydrogen) atoms. The Morgan fingerprint density at radius 2 is 2.00 bits per heavy atom. The topological polar surface area (TPSA) is 71.8 Å². The lowest BCUT2D eigenvalue weighted by molar-refractivity contribution is 0.196. The van der Waals surface area contributed by atoms with Crippen LogP contribution in [0.25, 0.3) is 21.9 Å². The van der Waals surface area contributed by atoms with Crippen molar-refractivity contribution >= 4 is 21.9 Å². The number of aliphatic hydroxyl groups excluding tert-OH is 1. The first-order chi connectivity index (χ1) is 8.27.